The first kappa shape index (κ1) is 11.3. The standard InChI is InChI=1S/C12H12N2O3/c1-3-14-11(15)9-7-5-4-6-8(9)10(12(14)16)13-17-2/h4-7H,3H2,1-2H3/b13-10-. The summed E-state index contributed by atoms with van der Waals surface area (Å²) in [6.07, 6.45) is 0. The molecule has 1 aromatic carbocycles. The van der Waals surface area contributed by atoms with Crippen molar-refractivity contribution in [2.24, 2.45) is 5.16 Å². The molecular formula is C12H12N2O3. The number of likely N-dealkylation sites (N-methyl/N-ethyl adjacent to an activating group) is 1. The van der Waals surface area contributed by atoms with Crippen molar-refractivity contribution in [2.75, 3.05) is 13.7 Å². The van der Waals surface area contributed by atoms with Gasteiger partial charge in [0.2, 0.25) is 0 Å². The van der Waals surface area contributed by atoms with Crippen LogP contribution in [0.2, 0.25) is 0 Å². The number of hydrogen-bond acceptors (Lipinski definition) is 4. The van der Waals surface area contributed by atoms with Gasteiger partial charge in [-0.05, 0) is 13.0 Å². The first-order chi connectivity index (χ1) is 8.20. The zero-order valence-electron chi connectivity index (χ0n) is 9.64. The SMILES string of the molecule is CCN1C(=O)/C(=N\OC)c2ccccc2C1=O. The molecule has 88 valence electrons. The summed E-state index contributed by atoms with van der Waals surface area (Å²) < 4.78 is 0. The number of benzene rings is 1. The zero-order valence-corrected chi connectivity index (χ0v) is 9.64. The fraction of sp³-hybridized carbons (Fsp3) is 0.250. The first-order valence-electron chi connectivity index (χ1n) is 5.27. The molecule has 0 saturated heterocycles. The van der Waals surface area contributed by atoms with Gasteiger partial charge in [-0.15, -0.1) is 0 Å². The van der Waals surface area contributed by atoms with Gasteiger partial charge in [0, 0.05) is 17.7 Å². The van der Waals surface area contributed by atoms with Gasteiger partial charge in [0.05, 0.1) is 0 Å². The topological polar surface area (TPSA) is 59.0 Å². The Hall–Kier alpha value is -2.17. The van der Waals surface area contributed by atoms with Crippen LogP contribution in [-0.4, -0.2) is 36.1 Å². The van der Waals surface area contributed by atoms with Crippen molar-refractivity contribution in [1.82, 2.24) is 4.90 Å². The average Bonchev–Trinajstić information content (AvgIpc) is 2.35. The fourth-order valence-electron chi connectivity index (χ4n) is 1.82. The third kappa shape index (κ3) is 1.69. The number of oxime groups is 1. The third-order valence-electron chi connectivity index (χ3n) is 2.60. The Morgan fingerprint density at radius 2 is 1.82 bits per heavy atom. The average molecular weight is 232 g/mol. The van der Waals surface area contributed by atoms with E-state index in [9.17, 15) is 9.59 Å². The van der Waals surface area contributed by atoms with Crippen LogP contribution in [0.4, 0.5) is 0 Å². The highest BCUT2D eigenvalue weighted by molar-refractivity contribution is 6.51. The van der Waals surface area contributed by atoms with E-state index in [1.807, 2.05) is 0 Å². The molecule has 17 heavy (non-hydrogen) atoms. The number of nitrogens with zero attached hydrogens (tertiary/aromatic N) is 2. The van der Waals surface area contributed by atoms with Crippen LogP contribution in [0.5, 0.6) is 0 Å². The van der Waals surface area contributed by atoms with Gasteiger partial charge in [0.15, 0.2) is 5.71 Å². The molecule has 5 heteroatoms. The number of amides is 2. The van der Waals surface area contributed by atoms with Gasteiger partial charge in [-0.2, -0.15) is 0 Å². The molecule has 1 aliphatic rings. The smallest absolute Gasteiger partial charge is 0.283 e. The lowest BCUT2D eigenvalue weighted by molar-refractivity contribution is -0.121. The highest BCUT2D eigenvalue weighted by Crippen LogP contribution is 2.20. The predicted molar refractivity (Wildman–Crippen MR) is 61.7 cm³/mol. The molecular weight excluding hydrogens is 220 g/mol. The fourth-order valence-corrected chi connectivity index (χ4v) is 1.82. The summed E-state index contributed by atoms with van der Waals surface area (Å²) in [4.78, 5) is 29.9. The van der Waals surface area contributed by atoms with E-state index in [-0.39, 0.29) is 11.6 Å². The number of imide groups is 1. The summed E-state index contributed by atoms with van der Waals surface area (Å²) in [6, 6.07) is 6.88. The highest BCUT2D eigenvalue weighted by Gasteiger charge is 2.35. The van der Waals surface area contributed by atoms with Gasteiger partial charge in [0.25, 0.3) is 11.8 Å². The van der Waals surface area contributed by atoms with E-state index in [0.717, 1.165) is 4.90 Å². The minimum absolute atomic E-state index is 0.171. The molecule has 0 bridgehead atoms. The van der Waals surface area contributed by atoms with Gasteiger partial charge in [-0.25, -0.2) is 0 Å². The summed E-state index contributed by atoms with van der Waals surface area (Å²) in [6.45, 7) is 2.06. The maximum Gasteiger partial charge on any atom is 0.283 e. The molecule has 0 radical (unpaired) electrons. The monoisotopic (exact) mass is 232 g/mol. The van der Waals surface area contributed by atoms with E-state index in [0.29, 0.717) is 17.7 Å². The Labute approximate surface area is 98.7 Å². The number of carbonyl (C=O) groups is 2. The second kappa shape index (κ2) is 4.37. The van der Waals surface area contributed by atoms with E-state index in [1.54, 1.807) is 31.2 Å². The van der Waals surface area contributed by atoms with Crippen molar-refractivity contribution < 1.29 is 14.4 Å². The lowest BCUT2D eigenvalue weighted by Crippen LogP contribution is -2.46. The van der Waals surface area contributed by atoms with E-state index >= 15 is 0 Å². The van der Waals surface area contributed by atoms with Crippen molar-refractivity contribution in [3.63, 3.8) is 0 Å². The van der Waals surface area contributed by atoms with Crippen molar-refractivity contribution >= 4 is 17.5 Å². The molecule has 5 nitrogen and oxygen atoms in total. The van der Waals surface area contributed by atoms with E-state index in [4.69, 9.17) is 0 Å². The van der Waals surface area contributed by atoms with E-state index < -0.39 is 5.91 Å². The Morgan fingerprint density at radius 3 is 2.41 bits per heavy atom. The van der Waals surface area contributed by atoms with Crippen molar-refractivity contribution in [3.05, 3.63) is 35.4 Å². The van der Waals surface area contributed by atoms with Gasteiger partial charge < -0.3 is 4.84 Å². The summed E-state index contributed by atoms with van der Waals surface area (Å²) in [7, 11) is 1.37. The van der Waals surface area contributed by atoms with Crippen LogP contribution in [0.15, 0.2) is 29.4 Å². The molecule has 0 unspecified atom stereocenters. The molecule has 0 saturated carbocycles. The molecule has 1 aliphatic heterocycles. The third-order valence-corrected chi connectivity index (χ3v) is 2.60. The van der Waals surface area contributed by atoms with Gasteiger partial charge in [-0.1, -0.05) is 23.4 Å². The van der Waals surface area contributed by atoms with Gasteiger partial charge >= 0.3 is 0 Å². The van der Waals surface area contributed by atoms with Crippen molar-refractivity contribution in [3.8, 4) is 0 Å². The van der Waals surface area contributed by atoms with Gasteiger partial charge in [-0.3, -0.25) is 14.5 Å². The normalized spacial score (nSPS) is 17.3. The van der Waals surface area contributed by atoms with Crippen LogP contribution in [0, 0.1) is 0 Å². The van der Waals surface area contributed by atoms with Crippen molar-refractivity contribution in [2.45, 2.75) is 6.92 Å². The largest absolute Gasteiger partial charge is 0.398 e. The molecule has 0 spiro atoms. The van der Waals surface area contributed by atoms with Crippen LogP contribution in [0.1, 0.15) is 22.8 Å². The van der Waals surface area contributed by atoms with Crippen LogP contribution in [0.3, 0.4) is 0 Å². The van der Waals surface area contributed by atoms with E-state index in [2.05, 4.69) is 9.99 Å². The number of carbonyl (C=O) groups excluding carboxylic acids is 2. The van der Waals surface area contributed by atoms with Crippen LogP contribution in [-0.2, 0) is 9.63 Å². The molecule has 0 aromatic heterocycles. The second-order valence-corrected chi connectivity index (χ2v) is 3.52. The van der Waals surface area contributed by atoms with Crippen molar-refractivity contribution in [1.29, 1.82) is 0 Å². The van der Waals surface area contributed by atoms with Crippen LogP contribution < -0.4 is 0 Å². The minimum atomic E-state index is -0.418. The molecule has 0 fully saturated rings. The molecule has 0 aliphatic carbocycles. The molecule has 2 rings (SSSR count). The lowest BCUT2D eigenvalue weighted by atomic mass is 9.97. The lowest BCUT2D eigenvalue weighted by Gasteiger charge is -2.25. The summed E-state index contributed by atoms with van der Waals surface area (Å²) >= 11 is 0. The quantitative estimate of drug-likeness (QED) is 0.565. The molecule has 0 N–H and O–H groups in total. The Morgan fingerprint density at radius 1 is 1.18 bits per heavy atom. The van der Waals surface area contributed by atoms with Crippen LogP contribution >= 0.6 is 0 Å². The number of hydrogen-bond donors (Lipinski definition) is 0. The Bertz CT molecular complexity index is 508. The van der Waals surface area contributed by atoms with E-state index in [1.165, 1.54) is 7.11 Å². The maximum atomic E-state index is 12.0. The maximum absolute atomic E-state index is 12.0. The zero-order chi connectivity index (χ0) is 12.4. The summed E-state index contributed by atoms with van der Waals surface area (Å²) in [5.74, 6) is -0.707. The summed E-state index contributed by atoms with van der Waals surface area (Å²) in [5.41, 5.74) is 1.17. The number of rotatable bonds is 2. The molecule has 0 atom stereocenters. The first-order valence-corrected chi connectivity index (χ1v) is 5.27. The Kier molecular flexibility index (Phi) is 2.91. The second-order valence-electron chi connectivity index (χ2n) is 3.52. The van der Waals surface area contributed by atoms with Crippen LogP contribution in [0.25, 0.3) is 0 Å². The minimum Gasteiger partial charge on any atom is -0.398 e. The highest BCUT2D eigenvalue weighted by atomic mass is 16.6. The molecule has 1 aromatic rings. The summed E-state index contributed by atoms with van der Waals surface area (Å²) in [5, 5.41) is 3.71. The molecule has 2 amide bonds. The van der Waals surface area contributed by atoms with Gasteiger partial charge in [0.1, 0.15) is 7.11 Å². The Balaban J connectivity index is 2.63. The predicted octanol–water partition coefficient (Wildman–Crippen LogP) is 1.04. The molecule has 1 heterocycles. The number of fused-ring (bicyclic) bond motifs is 1.